The maximum Gasteiger partial charge on any atom is 0.263 e. The van der Waals surface area contributed by atoms with Crippen LogP contribution >= 0.6 is 23.1 Å². The zero-order valence-corrected chi connectivity index (χ0v) is 19.2. The fourth-order valence-corrected chi connectivity index (χ4v) is 7.01. The van der Waals surface area contributed by atoms with Gasteiger partial charge < -0.3 is 9.64 Å². The molecule has 2 aromatic rings. The molecule has 2 fully saturated rings. The molecule has 0 radical (unpaired) electrons. The average Bonchev–Trinajstić information content (AvgIpc) is 3.46. The second-order valence-corrected chi connectivity index (χ2v) is 10.9. The van der Waals surface area contributed by atoms with Crippen molar-refractivity contribution in [3.63, 3.8) is 0 Å². The van der Waals surface area contributed by atoms with Gasteiger partial charge in [-0.25, -0.2) is 4.98 Å². The lowest BCUT2D eigenvalue weighted by atomic mass is 9.99. The molecule has 2 aliphatic heterocycles. The van der Waals surface area contributed by atoms with Crippen LogP contribution in [0.5, 0.6) is 0 Å². The normalized spacial score (nSPS) is 22.2. The first-order valence-electron chi connectivity index (χ1n) is 11.2. The molecule has 1 aliphatic carbocycles. The largest absolute Gasteiger partial charge is 0.376 e. The molecular formula is C22H29N3O3S2. The molecule has 6 nitrogen and oxygen atoms in total. The summed E-state index contributed by atoms with van der Waals surface area (Å²) in [5, 5.41) is 1.48. The molecule has 0 aromatic carbocycles. The second-order valence-electron chi connectivity index (χ2n) is 8.83. The number of ether oxygens (including phenoxy) is 1. The van der Waals surface area contributed by atoms with Crippen molar-refractivity contribution >= 4 is 39.2 Å². The van der Waals surface area contributed by atoms with Gasteiger partial charge in [0.15, 0.2) is 5.16 Å². The third-order valence-corrected chi connectivity index (χ3v) is 8.81. The molecule has 0 spiro atoms. The van der Waals surface area contributed by atoms with E-state index in [1.165, 1.54) is 22.2 Å². The summed E-state index contributed by atoms with van der Waals surface area (Å²) in [6.45, 7) is 5.22. The van der Waals surface area contributed by atoms with Gasteiger partial charge in [-0.05, 0) is 56.4 Å². The number of thioether (sulfide) groups is 1. The minimum Gasteiger partial charge on any atom is -0.376 e. The number of carbonyl (C=O) groups excluding carboxylic acids is 1. The van der Waals surface area contributed by atoms with Crippen molar-refractivity contribution in [3.05, 3.63) is 20.8 Å². The molecule has 1 unspecified atom stereocenters. The standard InChI is InChI=1S/C22H29N3O3S2/c1-14-7-9-24(10-8-14)18(26)13-29-22-23-20-19(16-5-2-6-17(16)30-20)21(27)25(22)12-15-4-3-11-28-15/h14-15H,2-13H2,1H3. The van der Waals surface area contributed by atoms with Crippen LogP contribution in [0.25, 0.3) is 10.2 Å². The molecule has 2 aromatic heterocycles. The Kier molecular flexibility index (Phi) is 5.90. The van der Waals surface area contributed by atoms with Gasteiger partial charge >= 0.3 is 0 Å². The Bertz CT molecular complexity index is 1000. The van der Waals surface area contributed by atoms with Gasteiger partial charge in [0.25, 0.3) is 5.56 Å². The number of thiophene rings is 1. The number of piperidine rings is 1. The number of carbonyl (C=O) groups is 1. The van der Waals surface area contributed by atoms with Crippen molar-refractivity contribution in [2.24, 2.45) is 5.92 Å². The summed E-state index contributed by atoms with van der Waals surface area (Å²) in [4.78, 5) is 35.3. The molecule has 1 amide bonds. The van der Waals surface area contributed by atoms with Gasteiger partial charge in [0, 0.05) is 24.6 Å². The summed E-state index contributed by atoms with van der Waals surface area (Å²) in [5.41, 5.74) is 1.26. The topological polar surface area (TPSA) is 64.4 Å². The highest BCUT2D eigenvalue weighted by Gasteiger charge is 2.26. The molecule has 2 saturated heterocycles. The monoisotopic (exact) mass is 447 g/mol. The van der Waals surface area contributed by atoms with Crippen LogP contribution in [0.3, 0.4) is 0 Å². The lowest BCUT2D eigenvalue weighted by Crippen LogP contribution is -2.39. The van der Waals surface area contributed by atoms with Gasteiger partial charge in [-0.1, -0.05) is 18.7 Å². The Hall–Kier alpha value is -1.38. The Morgan fingerprint density at radius 3 is 2.83 bits per heavy atom. The first kappa shape index (κ1) is 20.5. The van der Waals surface area contributed by atoms with Gasteiger partial charge in [-0.15, -0.1) is 11.3 Å². The summed E-state index contributed by atoms with van der Waals surface area (Å²) >= 11 is 3.08. The number of likely N-dealkylation sites (tertiary alicyclic amines) is 1. The van der Waals surface area contributed by atoms with Gasteiger partial charge in [0.2, 0.25) is 5.91 Å². The Balaban J connectivity index is 1.42. The van der Waals surface area contributed by atoms with E-state index in [0.29, 0.717) is 23.4 Å². The van der Waals surface area contributed by atoms with E-state index in [1.54, 1.807) is 15.9 Å². The molecule has 1 atom stereocenters. The van der Waals surface area contributed by atoms with Crippen LogP contribution in [0.1, 0.15) is 49.5 Å². The van der Waals surface area contributed by atoms with Crippen LogP contribution in [0.2, 0.25) is 0 Å². The Morgan fingerprint density at radius 1 is 1.23 bits per heavy atom. The maximum atomic E-state index is 13.5. The molecular weight excluding hydrogens is 418 g/mol. The highest BCUT2D eigenvalue weighted by Crippen LogP contribution is 2.36. The summed E-state index contributed by atoms with van der Waals surface area (Å²) in [6.07, 6.45) is 7.38. The molecule has 4 heterocycles. The number of aryl methyl sites for hydroxylation is 2. The van der Waals surface area contributed by atoms with E-state index in [4.69, 9.17) is 9.72 Å². The first-order valence-corrected chi connectivity index (χ1v) is 13.0. The number of fused-ring (bicyclic) bond motifs is 3. The van der Waals surface area contributed by atoms with Crippen molar-refractivity contribution in [2.45, 2.75) is 69.7 Å². The van der Waals surface area contributed by atoms with Crippen molar-refractivity contribution in [2.75, 3.05) is 25.4 Å². The molecule has 5 rings (SSSR count). The molecule has 0 saturated carbocycles. The summed E-state index contributed by atoms with van der Waals surface area (Å²) in [6, 6.07) is 0. The van der Waals surface area contributed by atoms with Crippen molar-refractivity contribution in [1.82, 2.24) is 14.5 Å². The number of hydrogen-bond acceptors (Lipinski definition) is 6. The van der Waals surface area contributed by atoms with E-state index in [0.717, 1.165) is 74.9 Å². The number of nitrogens with zero attached hydrogens (tertiary/aromatic N) is 3. The Morgan fingerprint density at radius 2 is 2.07 bits per heavy atom. The molecule has 8 heteroatoms. The SMILES string of the molecule is CC1CCN(C(=O)CSc2nc3sc4c(c3c(=O)n2CC2CCCO2)CCC4)CC1. The molecule has 162 valence electrons. The molecule has 30 heavy (non-hydrogen) atoms. The lowest BCUT2D eigenvalue weighted by molar-refractivity contribution is -0.129. The minimum absolute atomic E-state index is 0.0525. The molecule has 0 bridgehead atoms. The molecule has 0 N–H and O–H groups in total. The van der Waals surface area contributed by atoms with E-state index in [1.807, 2.05) is 4.90 Å². The quantitative estimate of drug-likeness (QED) is 0.519. The summed E-state index contributed by atoms with van der Waals surface area (Å²) < 4.78 is 7.61. The molecule has 3 aliphatic rings. The van der Waals surface area contributed by atoms with Crippen molar-refractivity contribution < 1.29 is 9.53 Å². The Labute approximate surface area is 185 Å². The average molecular weight is 448 g/mol. The summed E-state index contributed by atoms with van der Waals surface area (Å²) in [5.74, 6) is 1.19. The van der Waals surface area contributed by atoms with Gasteiger partial charge in [-0.2, -0.15) is 0 Å². The zero-order valence-electron chi connectivity index (χ0n) is 17.5. The van der Waals surface area contributed by atoms with Crippen LogP contribution in [-0.2, 0) is 28.9 Å². The smallest absolute Gasteiger partial charge is 0.263 e. The maximum absolute atomic E-state index is 13.5. The van der Waals surface area contributed by atoms with Gasteiger partial charge in [0.1, 0.15) is 4.83 Å². The third kappa shape index (κ3) is 3.94. The predicted octanol–water partition coefficient (Wildman–Crippen LogP) is 3.48. The number of amides is 1. The fraction of sp³-hybridized carbons (Fsp3) is 0.682. The van der Waals surface area contributed by atoms with Crippen molar-refractivity contribution in [3.8, 4) is 0 Å². The number of rotatable bonds is 5. The predicted molar refractivity (Wildman–Crippen MR) is 121 cm³/mol. The second kappa shape index (κ2) is 8.63. The first-order chi connectivity index (χ1) is 14.6. The third-order valence-electron chi connectivity index (χ3n) is 6.66. The van der Waals surface area contributed by atoms with E-state index in [-0.39, 0.29) is 17.6 Å². The minimum atomic E-state index is 0.0525. The van der Waals surface area contributed by atoms with Crippen LogP contribution < -0.4 is 5.56 Å². The highest BCUT2D eigenvalue weighted by molar-refractivity contribution is 7.99. The zero-order chi connectivity index (χ0) is 20.7. The van der Waals surface area contributed by atoms with Crippen LogP contribution in [0, 0.1) is 5.92 Å². The van der Waals surface area contributed by atoms with E-state index >= 15 is 0 Å². The van der Waals surface area contributed by atoms with Crippen LogP contribution in [-0.4, -0.2) is 51.9 Å². The fourth-order valence-electron chi connectivity index (χ4n) is 4.80. The number of hydrogen-bond donors (Lipinski definition) is 0. The number of aromatic nitrogens is 2. The lowest BCUT2D eigenvalue weighted by Gasteiger charge is -2.30. The van der Waals surface area contributed by atoms with Gasteiger partial charge in [0.05, 0.1) is 23.8 Å². The van der Waals surface area contributed by atoms with Crippen LogP contribution in [0.4, 0.5) is 0 Å². The van der Waals surface area contributed by atoms with E-state index in [2.05, 4.69) is 6.92 Å². The van der Waals surface area contributed by atoms with Gasteiger partial charge in [-0.3, -0.25) is 14.2 Å². The van der Waals surface area contributed by atoms with E-state index < -0.39 is 0 Å². The van der Waals surface area contributed by atoms with Crippen LogP contribution in [0.15, 0.2) is 9.95 Å². The van der Waals surface area contributed by atoms with Crippen molar-refractivity contribution in [1.29, 1.82) is 0 Å². The van der Waals surface area contributed by atoms with E-state index in [9.17, 15) is 9.59 Å². The highest BCUT2D eigenvalue weighted by atomic mass is 32.2. The summed E-state index contributed by atoms with van der Waals surface area (Å²) in [7, 11) is 0.